The van der Waals surface area contributed by atoms with E-state index in [1.807, 2.05) is 13.8 Å². The van der Waals surface area contributed by atoms with Gasteiger partial charge in [-0.15, -0.1) is 0 Å². The van der Waals surface area contributed by atoms with E-state index in [4.69, 9.17) is 0 Å². The quantitative estimate of drug-likeness (QED) is 0.688. The Hall–Kier alpha value is -1.96. The molecule has 2 aromatic heterocycles. The second-order valence-corrected chi connectivity index (χ2v) is 5.05. The molecule has 8 heteroatoms. The Bertz CT molecular complexity index is 611. The molecular formula is C11H12BrN5O2. The fourth-order valence-electron chi connectivity index (χ4n) is 1.52. The Labute approximate surface area is 117 Å². The summed E-state index contributed by atoms with van der Waals surface area (Å²) in [4.78, 5) is 14.3. The highest BCUT2D eigenvalue weighted by atomic mass is 79.9. The van der Waals surface area contributed by atoms with Gasteiger partial charge in [-0.05, 0) is 29.8 Å². The number of aromatic nitrogens is 3. The van der Waals surface area contributed by atoms with Gasteiger partial charge in [-0.2, -0.15) is 5.10 Å². The SMILES string of the molecule is CC(C)n1cc(Nc2c(Br)cncc2[N+](=O)[O-])cn1. The summed E-state index contributed by atoms with van der Waals surface area (Å²) < 4.78 is 2.29. The predicted octanol–water partition coefficient (Wildman–Crippen LogP) is 3.27. The second kappa shape index (κ2) is 5.35. The summed E-state index contributed by atoms with van der Waals surface area (Å²) in [7, 11) is 0. The molecule has 0 aliphatic rings. The van der Waals surface area contributed by atoms with E-state index < -0.39 is 4.92 Å². The normalized spacial score (nSPS) is 10.7. The first-order chi connectivity index (χ1) is 8.99. The highest BCUT2D eigenvalue weighted by molar-refractivity contribution is 9.10. The van der Waals surface area contributed by atoms with Gasteiger partial charge >= 0.3 is 5.69 Å². The third kappa shape index (κ3) is 2.90. The molecule has 0 amide bonds. The molecule has 7 nitrogen and oxygen atoms in total. The zero-order chi connectivity index (χ0) is 14.0. The summed E-state index contributed by atoms with van der Waals surface area (Å²) in [6, 6.07) is 0.228. The Morgan fingerprint density at radius 3 is 2.74 bits per heavy atom. The largest absolute Gasteiger partial charge is 0.346 e. The molecule has 0 atom stereocenters. The van der Waals surface area contributed by atoms with Crippen molar-refractivity contribution in [3.8, 4) is 0 Å². The maximum Gasteiger partial charge on any atom is 0.311 e. The first-order valence-electron chi connectivity index (χ1n) is 5.58. The zero-order valence-electron chi connectivity index (χ0n) is 10.4. The zero-order valence-corrected chi connectivity index (χ0v) is 12.0. The minimum atomic E-state index is -0.479. The number of pyridine rings is 1. The van der Waals surface area contributed by atoms with Crippen LogP contribution in [0.15, 0.2) is 29.3 Å². The van der Waals surface area contributed by atoms with Gasteiger partial charge in [-0.25, -0.2) is 0 Å². The Kier molecular flexibility index (Phi) is 3.79. The van der Waals surface area contributed by atoms with E-state index in [0.29, 0.717) is 15.8 Å². The molecule has 0 bridgehead atoms. The molecule has 0 aromatic carbocycles. The molecule has 1 N–H and O–H groups in total. The molecule has 0 aliphatic carbocycles. The minimum Gasteiger partial charge on any atom is -0.346 e. The van der Waals surface area contributed by atoms with Crippen molar-refractivity contribution in [1.82, 2.24) is 14.8 Å². The summed E-state index contributed by atoms with van der Waals surface area (Å²) in [5.74, 6) is 0. The molecule has 0 saturated carbocycles. The number of nitro groups is 1. The van der Waals surface area contributed by atoms with Crippen LogP contribution in [0.2, 0.25) is 0 Å². The smallest absolute Gasteiger partial charge is 0.311 e. The number of rotatable bonds is 4. The van der Waals surface area contributed by atoms with Gasteiger partial charge in [0, 0.05) is 18.4 Å². The number of halogens is 1. The van der Waals surface area contributed by atoms with Gasteiger partial charge < -0.3 is 5.32 Å². The molecule has 100 valence electrons. The molecule has 0 radical (unpaired) electrons. The molecule has 0 spiro atoms. The number of nitrogens with one attached hydrogen (secondary N) is 1. The summed E-state index contributed by atoms with van der Waals surface area (Å²) in [6.07, 6.45) is 6.13. The van der Waals surface area contributed by atoms with Gasteiger partial charge in [0.1, 0.15) is 11.9 Å². The molecule has 2 rings (SSSR count). The molecule has 0 aliphatic heterocycles. The van der Waals surface area contributed by atoms with Crippen molar-refractivity contribution in [1.29, 1.82) is 0 Å². The van der Waals surface area contributed by atoms with Crippen molar-refractivity contribution >= 4 is 33.0 Å². The molecule has 0 saturated heterocycles. The van der Waals surface area contributed by atoms with Crippen LogP contribution in [0, 0.1) is 10.1 Å². The van der Waals surface area contributed by atoms with Crippen LogP contribution < -0.4 is 5.32 Å². The average molecular weight is 326 g/mol. The summed E-state index contributed by atoms with van der Waals surface area (Å²) in [5.41, 5.74) is 0.957. The fraction of sp³-hybridized carbons (Fsp3) is 0.273. The van der Waals surface area contributed by atoms with Gasteiger partial charge in [0.2, 0.25) is 0 Å². The standard InChI is InChI=1S/C11H12BrN5O2/c1-7(2)16-6-8(3-14-16)15-11-9(12)4-13-5-10(11)17(18)19/h3-7H,1-2H3,(H,13,15). The lowest BCUT2D eigenvalue weighted by Gasteiger charge is -2.07. The Balaban J connectivity index is 2.34. The fourth-order valence-corrected chi connectivity index (χ4v) is 1.94. The van der Waals surface area contributed by atoms with Crippen LogP contribution in [0.3, 0.4) is 0 Å². The van der Waals surface area contributed by atoms with Crippen molar-refractivity contribution in [3.05, 3.63) is 39.4 Å². The first-order valence-corrected chi connectivity index (χ1v) is 6.37. The second-order valence-electron chi connectivity index (χ2n) is 4.20. The molecule has 2 aromatic rings. The highest BCUT2D eigenvalue weighted by Gasteiger charge is 2.18. The monoisotopic (exact) mass is 325 g/mol. The predicted molar refractivity (Wildman–Crippen MR) is 74.5 cm³/mol. The summed E-state index contributed by atoms with van der Waals surface area (Å²) in [6.45, 7) is 4.00. The Morgan fingerprint density at radius 1 is 1.42 bits per heavy atom. The molecular weight excluding hydrogens is 314 g/mol. The third-order valence-electron chi connectivity index (χ3n) is 2.48. The van der Waals surface area contributed by atoms with E-state index in [-0.39, 0.29) is 11.7 Å². The maximum absolute atomic E-state index is 11.0. The molecule has 0 fully saturated rings. The van der Waals surface area contributed by atoms with E-state index in [2.05, 4.69) is 31.3 Å². The van der Waals surface area contributed by atoms with E-state index >= 15 is 0 Å². The van der Waals surface area contributed by atoms with Crippen molar-refractivity contribution in [2.24, 2.45) is 0 Å². The van der Waals surface area contributed by atoms with Crippen molar-refractivity contribution in [3.63, 3.8) is 0 Å². The lowest BCUT2D eigenvalue weighted by atomic mass is 10.3. The topological polar surface area (TPSA) is 85.9 Å². The number of anilines is 2. The van der Waals surface area contributed by atoms with Crippen LogP contribution in [0.1, 0.15) is 19.9 Å². The summed E-state index contributed by atoms with van der Waals surface area (Å²) >= 11 is 3.25. The van der Waals surface area contributed by atoms with Crippen molar-refractivity contribution in [2.75, 3.05) is 5.32 Å². The highest BCUT2D eigenvalue weighted by Crippen LogP contribution is 2.33. The molecule has 0 unspecified atom stereocenters. The molecule has 2 heterocycles. The number of nitrogens with zero attached hydrogens (tertiary/aromatic N) is 4. The first kappa shape index (κ1) is 13.5. The van der Waals surface area contributed by atoms with E-state index in [0.717, 1.165) is 0 Å². The minimum absolute atomic E-state index is 0.0910. The maximum atomic E-state index is 11.0. The van der Waals surface area contributed by atoms with Crippen LogP contribution in [0.5, 0.6) is 0 Å². The van der Waals surface area contributed by atoms with Crippen LogP contribution in [-0.2, 0) is 0 Å². The lowest BCUT2D eigenvalue weighted by molar-refractivity contribution is -0.384. The van der Waals surface area contributed by atoms with Crippen LogP contribution in [0.25, 0.3) is 0 Å². The van der Waals surface area contributed by atoms with E-state index in [1.165, 1.54) is 12.4 Å². The molecule has 19 heavy (non-hydrogen) atoms. The number of hydrogen-bond acceptors (Lipinski definition) is 5. The van der Waals surface area contributed by atoms with Gasteiger partial charge in [-0.3, -0.25) is 19.8 Å². The number of hydrogen-bond donors (Lipinski definition) is 1. The average Bonchev–Trinajstić information content (AvgIpc) is 2.80. The van der Waals surface area contributed by atoms with Crippen LogP contribution in [0.4, 0.5) is 17.1 Å². The summed E-state index contributed by atoms with van der Waals surface area (Å²) in [5, 5.41) is 18.1. The van der Waals surface area contributed by atoms with Gasteiger partial charge in [-0.1, -0.05) is 0 Å². The Morgan fingerprint density at radius 2 is 2.16 bits per heavy atom. The van der Waals surface area contributed by atoms with Gasteiger partial charge in [0.05, 0.1) is 21.3 Å². The van der Waals surface area contributed by atoms with Gasteiger partial charge in [0.25, 0.3) is 0 Å². The van der Waals surface area contributed by atoms with Crippen molar-refractivity contribution < 1.29 is 4.92 Å². The van der Waals surface area contributed by atoms with Gasteiger partial charge in [0.15, 0.2) is 0 Å². The van der Waals surface area contributed by atoms with Crippen molar-refractivity contribution in [2.45, 2.75) is 19.9 Å². The van der Waals surface area contributed by atoms with E-state index in [1.54, 1.807) is 17.1 Å². The lowest BCUT2D eigenvalue weighted by Crippen LogP contribution is -2.00. The van der Waals surface area contributed by atoms with E-state index in [9.17, 15) is 10.1 Å². The van der Waals surface area contributed by atoms with Crippen LogP contribution in [-0.4, -0.2) is 19.7 Å². The third-order valence-corrected chi connectivity index (χ3v) is 3.08. The van der Waals surface area contributed by atoms with Crippen LogP contribution >= 0.6 is 15.9 Å².